The molecule has 0 saturated carbocycles. The third-order valence-electron chi connectivity index (χ3n) is 4.78. The lowest BCUT2D eigenvalue weighted by molar-refractivity contribution is -0.133. The van der Waals surface area contributed by atoms with Crippen molar-refractivity contribution in [3.8, 4) is 0 Å². The van der Waals surface area contributed by atoms with E-state index in [2.05, 4.69) is 10.3 Å². The Hall–Kier alpha value is -1.44. The average Bonchev–Trinajstić information content (AvgIpc) is 3.21. The van der Waals surface area contributed by atoms with E-state index in [1.165, 1.54) is 0 Å². The zero-order chi connectivity index (χ0) is 15.8. The SMILES string of the molecule is Cl.O=C([C@H]1CSCN1)N1CCC(n2c(=O)[nH]c3ccccc32)CC1. The Balaban J connectivity index is 0.00000169. The number of para-hydroxylation sites is 2. The largest absolute Gasteiger partial charge is 0.341 e. The number of benzene rings is 1. The van der Waals surface area contributed by atoms with Crippen molar-refractivity contribution in [1.29, 1.82) is 0 Å². The molecule has 0 aliphatic carbocycles. The van der Waals surface area contributed by atoms with Gasteiger partial charge in [0.25, 0.3) is 0 Å². The molecule has 2 aliphatic rings. The van der Waals surface area contributed by atoms with Crippen LogP contribution in [0.1, 0.15) is 18.9 Å². The number of nitrogens with one attached hydrogen (secondary N) is 2. The topological polar surface area (TPSA) is 70.1 Å². The predicted octanol–water partition coefficient (Wildman–Crippen LogP) is 1.58. The number of aromatic amines is 1. The summed E-state index contributed by atoms with van der Waals surface area (Å²) in [6.45, 7) is 1.44. The van der Waals surface area contributed by atoms with Gasteiger partial charge < -0.3 is 9.88 Å². The van der Waals surface area contributed by atoms with Gasteiger partial charge in [-0.3, -0.25) is 14.7 Å². The second kappa shape index (κ2) is 7.21. The first-order valence-electron chi connectivity index (χ1n) is 8.03. The lowest BCUT2D eigenvalue weighted by Crippen LogP contribution is -2.48. The molecule has 1 aromatic heterocycles. The number of piperidine rings is 1. The van der Waals surface area contributed by atoms with Crippen LogP contribution in [0.25, 0.3) is 11.0 Å². The van der Waals surface area contributed by atoms with Gasteiger partial charge in [-0.1, -0.05) is 12.1 Å². The van der Waals surface area contributed by atoms with Gasteiger partial charge in [-0.2, -0.15) is 0 Å². The number of nitrogens with zero attached hydrogens (tertiary/aromatic N) is 2. The molecule has 0 spiro atoms. The summed E-state index contributed by atoms with van der Waals surface area (Å²) in [7, 11) is 0. The van der Waals surface area contributed by atoms with E-state index in [0.29, 0.717) is 0 Å². The Bertz CT molecular complexity index is 776. The number of carbonyl (C=O) groups is 1. The molecular formula is C16H21ClN4O2S. The smallest absolute Gasteiger partial charge is 0.326 e. The van der Waals surface area contributed by atoms with E-state index < -0.39 is 0 Å². The maximum Gasteiger partial charge on any atom is 0.326 e. The molecule has 0 bridgehead atoms. The number of halogens is 1. The number of fused-ring (bicyclic) bond motifs is 1. The van der Waals surface area contributed by atoms with Crippen molar-refractivity contribution in [2.24, 2.45) is 0 Å². The lowest BCUT2D eigenvalue weighted by atomic mass is 10.0. The fourth-order valence-electron chi connectivity index (χ4n) is 3.56. The monoisotopic (exact) mass is 368 g/mol. The molecule has 2 fully saturated rings. The van der Waals surface area contributed by atoms with E-state index in [1.807, 2.05) is 33.7 Å². The number of aromatic nitrogens is 2. The molecule has 0 radical (unpaired) electrons. The summed E-state index contributed by atoms with van der Waals surface area (Å²) in [6.07, 6.45) is 1.65. The zero-order valence-electron chi connectivity index (χ0n) is 13.2. The standard InChI is InChI=1S/C16H20N4O2S.ClH/c21-15(13-9-23-10-17-13)19-7-5-11(6-8-19)20-14-4-2-1-3-12(14)18-16(20)22;/h1-4,11,13,17H,5-10H2,(H,18,22);1H/t13-;/m1./s1. The Kier molecular flexibility index (Phi) is 5.22. The summed E-state index contributed by atoms with van der Waals surface area (Å²) in [6, 6.07) is 7.91. The summed E-state index contributed by atoms with van der Waals surface area (Å²) >= 11 is 1.77. The van der Waals surface area contributed by atoms with Crippen LogP contribution in [0.2, 0.25) is 0 Å². The molecule has 1 atom stereocenters. The van der Waals surface area contributed by atoms with Crippen LogP contribution >= 0.6 is 24.2 Å². The van der Waals surface area contributed by atoms with Crippen molar-refractivity contribution in [2.45, 2.75) is 24.9 Å². The number of likely N-dealkylation sites (tertiary alicyclic amines) is 1. The number of imidazole rings is 1. The molecule has 0 unspecified atom stereocenters. The highest BCUT2D eigenvalue weighted by atomic mass is 35.5. The number of thioether (sulfide) groups is 1. The van der Waals surface area contributed by atoms with Gasteiger partial charge in [0.05, 0.1) is 17.1 Å². The third kappa shape index (κ3) is 3.08. The van der Waals surface area contributed by atoms with Crippen LogP contribution in [0.5, 0.6) is 0 Å². The number of amides is 1. The van der Waals surface area contributed by atoms with Crippen LogP contribution in [0.15, 0.2) is 29.1 Å². The summed E-state index contributed by atoms with van der Waals surface area (Å²) in [5.74, 6) is 1.93. The molecule has 4 rings (SSSR count). The van der Waals surface area contributed by atoms with Gasteiger partial charge in [0, 0.05) is 30.8 Å². The van der Waals surface area contributed by atoms with Gasteiger partial charge in [-0.25, -0.2) is 4.79 Å². The average molecular weight is 369 g/mol. The van der Waals surface area contributed by atoms with Crippen LogP contribution in [0.3, 0.4) is 0 Å². The van der Waals surface area contributed by atoms with E-state index >= 15 is 0 Å². The summed E-state index contributed by atoms with van der Waals surface area (Å²) in [5, 5.41) is 3.24. The van der Waals surface area contributed by atoms with Gasteiger partial charge in [0.1, 0.15) is 0 Å². The van der Waals surface area contributed by atoms with Crippen LogP contribution in [0.4, 0.5) is 0 Å². The first kappa shape index (κ1) is 17.4. The molecule has 2 N–H and O–H groups in total. The highest BCUT2D eigenvalue weighted by molar-refractivity contribution is 7.99. The van der Waals surface area contributed by atoms with Crippen molar-refractivity contribution in [1.82, 2.24) is 19.8 Å². The maximum absolute atomic E-state index is 12.4. The fraction of sp³-hybridized carbons (Fsp3) is 0.500. The molecule has 8 heteroatoms. The quantitative estimate of drug-likeness (QED) is 0.844. The Morgan fingerprint density at radius 1 is 1.21 bits per heavy atom. The first-order valence-corrected chi connectivity index (χ1v) is 9.18. The zero-order valence-corrected chi connectivity index (χ0v) is 14.9. The highest BCUT2D eigenvalue weighted by Crippen LogP contribution is 2.25. The van der Waals surface area contributed by atoms with Crippen LogP contribution in [0, 0.1) is 0 Å². The second-order valence-electron chi connectivity index (χ2n) is 6.15. The minimum Gasteiger partial charge on any atom is -0.341 e. The Morgan fingerprint density at radius 2 is 1.96 bits per heavy atom. The third-order valence-corrected chi connectivity index (χ3v) is 5.72. The normalized spacial score (nSPS) is 21.8. The molecule has 130 valence electrons. The molecule has 1 amide bonds. The first-order chi connectivity index (χ1) is 11.2. The molecule has 6 nitrogen and oxygen atoms in total. The minimum atomic E-state index is -0.0511. The van der Waals surface area contributed by atoms with Crippen LogP contribution < -0.4 is 11.0 Å². The van der Waals surface area contributed by atoms with E-state index in [9.17, 15) is 9.59 Å². The lowest BCUT2D eigenvalue weighted by Gasteiger charge is -2.33. The van der Waals surface area contributed by atoms with E-state index in [0.717, 1.165) is 48.6 Å². The van der Waals surface area contributed by atoms with E-state index in [4.69, 9.17) is 0 Å². The Morgan fingerprint density at radius 3 is 2.67 bits per heavy atom. The van der Waals surface area contributed by atoms with Crippen molar-refractivity contribution < 1.29 is 4.79 Å². The van der Waals surface area contributed by atoms with Crippen molar-refractivity contribution >= 4 is 41.1 Å². The predicted molar refractivity (Wildman–Crippen MR) is 98.9 cm³/mol. The van der Waals surface area contributed by atoms with Crippen molar-refractivity contribution in [3.05, 3.63) is 34.7 Å². The molecule has 2 aliphatic heterocycles. The van der Waals surface area contributed by atoms with Gasteiger partial charge in [-0.15, -0.1) is 24.2 Å². The number of carbonyl (C=O) groups excluding carboxylic acids is 1. The minimum absolute atomic E-state index is 0. The van der Waals surface area contributed by atoms with Gasteiger partial charge in [-0.05, 0) is 25.0 Å². The van der Waals surface area contributed by atoms with Crippen molar-refractivity contribution in [3.63, 3.8) is 0 Å². The molecule has 1 aromatic carbocycles. The molecular weight excluding hydrogens is 348 g/mol. The molecule has 2 aromatic rings. The van der Waals surface area contributed by atoms with Crippen LogP contribution in [-0.4, -0.2) is 51.1 Å². The number of hydrogen-bond acceptors (Lipinski definition) is 4. The van der Waals surface area contributed by atoms with Gasteiger partial charge >= 0.3 is 5.69 Å². The molecule has 24 heavy (non-hydrogen) atoms. The second-order valence-corrected chi connectivity index (χ2v) is 7.18. The number of hydrogen-bond donors (Lipinski definition) is 2. The summed E-state index contributed by atoms with van der Waals surface area (Å²) in [4.78, 5) is 29.6. The maximum atomic E-state index is 12.4. The summed E-state index contributed by atoms with van der Waals surface area (Å²) in [5.41, 5.74) is 1.78. The van der Waals surface area contributed by atoms with E-state index in [1.54, 1.807) is 11.8 Å². The molecule has 2 saturated heterocycles. The van der Waals surface area contributed by atoms with Gasteiger partial charge in [0.15, 0.2) is 0 Å². The van der Waals surface area contributed by atoms with Gasteiger partial charge in [0.2, 0.25) is 5.91 Å². The van der Waals surface area contributed by atoms with Crippen LogP contribution in [-0.2, 0) is 4.79 Å². The number of rotatable bonds is 2. The Labute approximate surface area is 150 Å². The summed E-state index contributed by atoms with van der Waals surface area (Å²) < 4.78 is 1.86. The van der Waals surface area contributed by atoms with E-state index in [-0.39, 0.29) is 36.1 Å². The van der Waals surface area contributed by atoms with Crippen molar-refractivity contribution in [2.75, 3.05) is 24.7 Å². The highest BCUT2D eigenvalue weighted by Gasteiger charge is 2.31. The fourth-order valence-corrected chi connectivity index (χ4v) is 4.49. The number of H-pyrrole nitrogens is 1. The molecule has 3 heterocycles.